The Balaban J connectivity index is 1.70. The maximum Gasteiger partial charge on any atom is 0.227 e. The highest BCUT2D eigenvalue weighted by atomic mass is 16.5. The lowest BCUT2D eigenvalue weighted by Gasteiger charge is -2.33. The number of anilines is 1. The minimum absolute atomic E-state index is 0.0755. The number of hydrogen-bond donors (Lipinski definition) is 0. The zero-order valence-corrected chi connectivity index (χ0v) is 15.5. The molecule has 1 amide bonds. The van der Waals surface area contributed by atoms with Crippen LogP contribution in [0.25, 0.3) is 0 Å². The molecule has 1 aromatic heterocycles. The van der Waals surface area contributed by atoms with Gasteiger partial charge in [-0.1, -0.05) is 24.3 Å². The van der Waals surface area contributed by atoms with Crippen LogP contribution in [0.15, 0.2) is 42.5 Å². The van der Waals surface area contributed by atoms with Crippen LogP contribution in [0.4, 0.5) is 5.82 Å². The van der Waals surface area contributed by atoms with Crippen LogP contribution in [0.2, 0.25) is 0 Å². The number of benzene rings is 1. The Morgan fingerprint density at radius 1 is 1.27 bits per heavy atom. The predicted molar refractivity (Wildman–Crippen MR) is 101 cm³/mol. The standard InChI is InChI=1S/C20H25N3O3/c1-22(2)19-10-6-8-16(21-19)18-14-23(11-12-26-18)20(24)13-15-7-4-5-9-17(15)25-3/h4-10,18H,11-14H2,1-3H3. The monoisotopic (exact) mass is 355 g/mol. The van der Waals surface area contributed by atoms with Crippen molar-refractivity contribution < 1.29 is 14.3 Å². The van der Waals surface area contributed by atoms with Crippen LogP contribution in [-0.4, -0.2) is 56.7 Å². The normalized spacial score (nSPS) is 17.0. The van der Waals surface area contributed by atoms with Crippen LogP contribution in [0.3, 0.4) is 0 Å². The molecule has 26 heavy (non-hydrogen) atoms. The molecule has 0 bridgehead atoms. The van der Waals surface area contributed by atoms with E-state index in [0.717, 1.165) is 22.8 Å². The van der Waals surface area contributed by atoms with Crippen LogP contribution in [-0.2, 0) is 16.0 Å². The number of rotatable bonds is 5. The van der Waals surface area contributed by atoms with Crippen molar-refractivity contribution in [2.75, 3.05) is 45.8 Å². The Morgan fingerprint density at radius 3 is 2.85 bits per heavy atom. The van der Waals surface area contributed by atoms with Crippen molar-refractivity contribution in [1.29, 1.82) is 0 Å². The number of carbonyl (C=O) groups excluding carboxylic acids is 1. The molecule has 0 N–H and O–H groups in total. The Kier molecular flexibility index (Phi) is 5.73. The highest BCUT2D eigenvalue weighted by molar-refractivity contribution is 5.79. The Hall–Kier alpha value is -2.60. The molecule has 3 rings (SSSR count). The van der Waals surface area contributed by atoms with E-state index in [4.69, 9.17) is 9.47 Å². The molecule has 1 saturated heterocycles. The minimum atomic E-state index is -0.203. The van der Waals surface area contributed by atoms with Crippen molar-refractivity contribution in [3.05, 3.63) is 53.7 Å². The number of ether oxygens (including phenoxy) is 2. The largest absolute Gasteiger partial charge is 0.496 e. The van der Waals surface area contributed by atoms with E-state index in [9.17, 15) is 4.79 Å². The topological polar surface area (TPSA) is 54.9 Å². The maximum atomic E-state index is 12.8. The second-order valence-electron chi connectivity index (χ2n) is 6.50. The SMILES string of the molecule is COc1ccccc1CC(=O)N1CCOC(c2cccc(N(C)C)n2)C1. The highest BCUT2D eigenvalue weighted by Gasteiger charge is 2.27. The Bertz CT molecular complexity index is 763. The number of hydrogen-bond acceptors (Lipinski definition) is 5. The predicted octanol–water partition coefficient (Wildman–Crippen LogP) is 2.30. The summed E-state index contributed by atoms with van der Waals surface area (Å²) < 4.78 is 11.2. The van der Waals surface area contributed by atoms with Crippen molar-refractivity contribution >= 4 is 11.7 Å². The smallest absolute Gasteiger partial charge is 0.227 e. The molecule has 1 aromatic carbocycles. The fourth-order valence-electron chi connectivity index (χ4n) is 3.05. The van der Waals surface area contributed by atoms with Crippen LogP contribution in [0, 0.1) is 0 Å². The molecule has 1 aliphatic heterocycles. The fraction of sp³-hybridized carbons (Fsp3) is 0.400. The first-order chi connectivity index (χ1) is 12.6. The lowest BCUT2D eigenvalue weighted by Crippen LogP contribution is -2.43. The summed E-state index contributed by atoms with van der Waals surface area (Å²) in [7, 11) is 5.53. The summed E-state index contributed by atoms with van der Waals surface area (Å²) in [5.74, 6) is 1.70. The number of nitrogens with zero attached hydrogens (tertiary/aromatic N) is 3. The molecule has 0 aliphatic carbocycles. The Morgan fingerprint density at radius 2 is 2.08 bits per heavy atom. The highest BCUT2D eigenvalue weighted by Crippen LogP contribution is 2.24. The molecular weight excluding hydrogens is 330 g/mol. The first-order valence-corrected chi connectivity index (χ1v) is 8.74. The molecule has 1 fully saturated rings. The van der Waals surface area contributed by atoms with Gasteiger partial charge in [0.05, 0.1) is 32.4 Å². The fourth-order valence-corrected chi connectivity index (χ4v) is 3.05. The van der Waals surface area contributed by atoms with E-state index in [0.29, 0.717) is 26.1 Å². The average Bonchev–Trinajstić information content (AvgIpc) is 2.68. The number of pyridine rings is 1. The first-order valence-electron chi connectivity index (χ1n) is 8.74. The molecule has 0 saturated carbocycles. The van der Waals surface area contributed by atoms with Gasteiger partial charge in [-0.05, 0) is 18.2 Å². The zero-order valence-electron chi connectivity index (χ0n) is 15.5. The summed E-state index contributed by atoms with van der Waals surface area (Å²) in [4.78, 5) is 21.2. The van der Waals surface area contributed by atoms with Gasteiger partial charge in [-0.3, -0.25) is 4.79 Å². The van der Waals surface area contributed by atoms with E-state index >= 15 is 0 Å². The molecule has 2 aromatic rings. The van der Waals surface area contributed by atoms with Gasteiger partial charge in [-0.25, -0.2) is 4.98 Å². The van der Waals surface area contributed by atoms with E-state index < -0.39 is 0 Å². The van der Waals surface area contributed by atoms with E-state index in [-0.39, 0.29) is 12.0 Å². The van der Waals surface area contributed by atoms with Gasteiger partial charge in [-0.15, -0.1) is 0 Å². The van der Waals surface area contributed by atoms with Crippen molar-refractivity contribution in [1.82, 2.24) is 9.88 Å². The second-order valence-corrected chi connectivity index (χ2v) is 6.50. The summed E-state index contributed by atoms with van der Waals surface area (Å²) in [5, 5.41) is 0. The van der Waals surface area contributed by atoms with E-state index in [1.165, 1.54) is 0 Å². The van der Waals surface area contributed by atoms with Gasteiger partial charge in [0.2, 0.25) is 5.91 Å². The van der Waals surface area contributed by atoms with Gasteiger partial charge >= 0.3 is 0 Å². The lowest BCUT2D eigenvalue weighted by atomic mass is 10.1. The van der Waals surface area contributed by atoms with Gasteiger partial charge in [0.15, 0.2) is 0 Å². The van der Waals surface area contributed by atoms with E-state index in [1.54, 1.807) is 7.11 Å². The summed E-state index contributed by atoms with van der Waals surface area (Å²) in [6.45, 7) is 1.62. The van der Waals surface area contributed by atoms with Gasteiger partial charge in [0.25, 0.3) is 0 Å². The molecule has 6 nitrogen and oxygen atoms in total. The van der Waals surface area contributed by atoms with Crippen LogP contribution in [0.5, 0.6) is 5.75 Å². The van der Waals surface area contributed by atoms with E-state index in [1.807, 2.05) is 66.4 Å². The first kappa shape index (κ1) is 18.2. The second kappa shape index (κ2) is 8.19. The third kappa shape index (κ3) is 4.14. The van der Waals surface area contributed by atoms with Gasteiger partial charge in [0, 0.05) is 26.2 Å². The maximum absolute atomic E-state index is 12.8. The summed E-state index contributed by atoms with van der Waals surface area (Å²) in [5.41, 5.74) is 1.75. The molecule has 0 spiro atoms. The van der Waals surface area contributed by atoms with Gasteiger partial charge in [-0.2, -0.15) is 0 Å². The minimum Gasteiger partial charge on any atom is -0.496 e. The molecule has 2 heterocycles. The average molecular weight is 355 g/mol. The number of aromatic nitrogens is 1. The number of morpholine rings is 1. The quantitative estimate of drug-likeness (QED) is 0.824. The summed E-state index contributed by atoms with van der Waals surface area (Å²) >= 11 is 0. The number of amides is 1. The lowest BCUT2D eigenvalue weighted by molar-refractivity contribution is -0.138. The summed E-state index contributed by atoms with van der Waals surface area (Å²) in [6, 6.07) is 13.5. The molecule has 138 valence electrons. The third-order valence-corrected chi connectivity index (χ3v) is 4.50. The molecule has 1 unspecified atom stereocenters. The number of methoxy groups -OCH3 is 1. The molecule has 0 radical (unpaired) electrons. The molecular formula is C20H25N3O3. The zero-order chi connectivity index (χ0) is 18.5. The molecule has 1 aliphatic rings. The van der Waals surface area contributed by atoms with Crippen LogP contribution >= 0.6 is 0 Å². The summed E-state index contributed by atoms with van der Waals surface area (Å²) in [6.07, 6.45) is 0.118. The molecule has 1 atom stereocenters. The van der Waals surface area contributed by atoms with Crippen molar-refractivity contribution in [3.8, 4) is 5.75 Å². The van der Waals surface area contributed by atoms with Crippen LogP contribution < -0.4 is 9.64 Å². The molecule has 6 heteroatoms. The van der Waals surface area contributed by atoms with Crippen molar-refractivity contribution in [2.24, 2.45) is 0 Å². The Labute approximate surface area is 154 Å². The van der Waals surface area contributed by atoms with E-state index in [2.05, 4.69) is 4.98 Å². The number of para-hydroxylation sites is 1. The van der Waals surface area contributed by atoms with Gasteiger partial charge < -0.3 is 19.3 Å². The third-order valence-electron chi connectivity index (χ3n) is 4.50. The van der Waals surface area contributed by atoms with Gasteiger partial charge in [0.1, 0.15) is 17.7 Å². The van der Waals surface area contributed by atoms with Crippen molar-refractivity contribution in [3.63, 3.8) is 0 Å². The van der Waals surface area contributed by atoms with Crippen molar-refractivity contribution in [2.45, 2.75) is 12.5 Å². The van der Waals surface area contributed by atoms with Crippen LogP contribution in [0.1, 0.15) is 17.4 Å². The number of carbonyl (C=O) groups is 1.